The first-order valence-corrected chi connectivity index (χ1v) is 14.2. The summed E-state index contributed by atoms with van der Waals surface area (Å²) < 4.78 is 4.02. The zero-order valence-electron chi connectivity index (χ0n) is 23.9. The van der Waals surface area contributed by atoms with Gasteiger partial charge in [-0.3, -0.25) is 9.59 Å². The predicted octanol–water partition coefficient (Wildman–Crippen LogP) is 4.83. The molecular formula is C34H31N3O5. The molecule has 4 aromatic rings. The Morgan fingerprint density at radius 1 is 0.810 bits per heavy atom. The van der Waals surface area contributed by atoms with Crippen molar-refractivity contribution >= 4 is 22.3 Å². The first-order valence-electron chi connectivity index (χ1n) is 14.2. The minimum absolute atomic E-state index is 0.0459. The highest BCUT2D eigenvalue weighted by Gasteiger charge is 2.67. The van der Waals surface area contributed by atoms with Crippen molar-refractivity contribution in [1.29, 1.82) is 0 Å². The third-order valence-electron chi connectivity index (χ3n) is 10.4. The summed E-state index contributed by atoms with van der Waals surface area (Å²) >= 11 is 0. The predicted molar refractivity (Wildman–Crippen MR) is 159 cm³/mol. The average molecular weight is 562 g/mol. The van der Waals surface area contributed by atoms with Crippen LogP contribution in [-0.2, 0) is 16.1 Å². The number of carbonyl (C=O) groups excluding carboxylic acids is 2. The molecule has 0 spiro atoms. The second kappa shape index (κ2) is 8.64. The molecule has 1 saturated carbocycles. The molecular weight excluding hydrogens is 530 g/mol. The summed E-state index contributed by atoms with van der Waals surface area (Å²) in [6.45, 7) is 7.14. The fourth-order valence-corrected chi connectivity index (χ4v) is 7.84. The van der Waals surface area contributed by atoms with Crippen LogP contribution in [0.2, 0.25) is 0 Å². The van der Waals surface area contributed by atoms with Crippen LogP contribution in [0.15, 0.2) is 99.1 Å². The van der Waals surface area contributed by atoms with Gasteiger partial charge in [0.05, 0.1) is 23.7 Å². The van der Waals surface area contributed by atoms with Gasteiger partial charge < -0.3 is 5.11 Å². The number of Topliss-reactive ketones (excluding diaryl/α,β-unsaturated/α-hetero) is 2. The third kappa shape index (κ3) is 3.07. The highest BCUT2D eigenvalue weighted by Crippen LogP contribution is 2.67. The number of rotatable bonds is 2. The molecule has 2 heterocycles. The van der Waals surface area contributed by atoms with Crippen molar-refractivity contribution in [3.05, 3.63) is 116 Å². The number of hydrogen-bond acceptors (Lipinski definition) is 5. The van der Waals surface area contributed by atoms with Crippen LogP contribution < -0.4 is 11.4 Å². The van der Waals surface area contributed by atoms with Crippen LogP contribution in [-0.4, -0.2) is 30.6 Å². The zero-order valence-corrected chi connectivity index (χ0v) is 23.9. The highest BCUT2D eigenvalue weighted by molar-refractivity contribution is 6.17. The Balaban J connectivity index is 1.54. The smallest absolute Gasteiger partial charge is 0.352 e. The third-order valence-corrected chi connectivity index (χ3v) is 10.4. The summed E-state index contributed by atoms with van der Waals surface area (Å²) in [5.74, 6) is -0.969. The van der Waals surface area contributed by atoms with E-state index in [-0.39, 0.29) is 30.3 Å². The van der Waals surface area contributed by atoms with Crippen LogP contribution in [0.1, 0.15) is 51.6 Å². The van der Waals surface area contributed by atoms with E-state index in [0.717, 1.165) is 15.5 Å². The number of allylic oxidation sites excluding steroid dienone is 4. The van der Waals surface area contributed by atoms with Gasteiger partial charge in [-0.2, -0.15) is 0 Å². The van der Waals surface area contributed by atoms with Gasteiger partial charge in [-0.15, -0.1) is 0 Å². The SMILES string of the molecule is CC1=C(C)C(=O)[C@@]2(C)[C@@H](c3ccc4ccccc4c3O)C3=CCn4c(=O)n(-c5ccccc5)c(=O)n4[C@@H]3C[C@@]2(C)C1=O. The maximum atomic E-state index is 14.4. The normalized spacial score (nSPS) is 27.0. The van der Waals surface area contributed by atoms with E-state index in [0.29, 0.717) is 27.8 Å². The molecule has 2 aliphatic carbocycles. The number of hydrogen-bond donors (Lipinski definition) is 1. The van der Waals surface area contributed by atoms with E-state index in [1.165, 1.54) is 9.36 Å². The van der Waals surface area contributed by atoms with Gasteiger partial charge in [0.2, 0.25) is 0 Å². The van der Waals surface area contributed by atoms with Gasteiger partial charge in [0, 0.05) is 22.3 Å². The van der Waals surface area contributed by atoms with Crippen molar-refractivity contribution in [1.82, 2.24) is 13.9 Å². The van der Waals surface area contributed by atoms with E-state index in [1.54, 1.807) is 45.0 Å². The molecule has 3 aliphatic rings. The molecule has 3 aromatic carbocycles. The maximum absolute atomic E-state index is 14.4. The van der Waals surface area contributed by atoms with Crippen molar-refractivity contribution in [2.45, 2.75) is 52.6 Å². The number of aromatic hydroxyl groups is 1. The topological polar surface area (TPSA) is 103 Å². The molecule has 7 rings (SSSR count). The van der Waals surface area contributed by atoms with Crippen LogP contribution in [0.4, 0.5) is 0 Å². The first kappa shape index (κ1) is 26.2. The van der Waals surface area contributed by atoms with Crippen molar-refractivity contribution in [2.75, 3.05) is 0 Å². The summed E-state index contributed by atoms with van der Waals surface area (Å²) in [6, 6.07) is 19.3. The Hall–Kier alpha value is -4.72. The first-order chi connectivity index (χ1) is 20.0. The number of carbonyl (C=O) groups is 2. The molecule has 1 N–H and O–H groups in total. The van der Waals surface area contributed by atoms with E-state index in [9.17, 15) is 24.3 Å². The number of nitrogens with zero attached hydrogens (tertiary/aromatic N) is 3. The lowest BCUT2D eigenvalue weighted by atomic mass is 9.43. The Morgan fingerprint density at radius 2 is 1.48 bits per heavy atom. The molecule has 1 aromatic heterocycles. The summed E-state index contributed by atoms with van der Waals surface area (Å²) in [5.41, 5.74) is -0.871. The Morgan fingerprint density at radius 3 is 2.21 bits per heavy atom. The van der Waals surface area contributed by atoms with Crippen LogP contribution in [0.3, 0.4) is 0 Å². The van der Waals surface area contributed by atoms with E-state index in [4.69, 9.17) is 0 Å². The van der Waals surface area contributed by atoms with Crippen LogP contribution >= 0.6 is 0 Å². The van der Waals surface area contributed by atoms with Crippen molar-refractivity contribution in [3.8, 4) is 11.4 Å². The largest absolute Gasteiger partial charge is 0.507 e. The Kier molecular flexibility index (Phi) is 5.39. The monoisotopic (exact) mass is 561 g/mol. The van der Waals surface area contributed by atoms with Crippen molar-refractivity contribution < 1.29 is 14.7 Å². The number of ketones is 2. The summed E-state index contributed by atoms with van der Waals surface area (Å²) in [6.07, 6.45) is 2.07. The van der Waals surface area contributed by atoms with E-state index in [1.807, 2.05) is 55.5 Å². The highest BCUT2D eigenvalue weighted by atomic mass is 16.3. The van der Waals surface area contributed by atoms with Crippen LogP contribution in [0, 0.1) is 10.8 Å². The lowest BCUT2D eigenvalue weighted by Gasteiger charge is -2.58. The molecule has 8 heteroatoms. The minimum atomic E-state index is -1.25. The molecule has 0 saturated heterocycles. The van der Waals surface area contributed by atoms with Gasteiger partial charge in [-0.1, -0.05) is 74.5 Å². The number of benzene rings is 3. The number of phenolic OH excluding ortho intramolecular Hbond substituents is 1. The van der Waals surface area contributed by atoms with Gasteiger partial charge in [0.1, 0.15) is 5.75 Å². The number of para-hydroxylation sites is 1. The molecule has 8 nitrogen and oxygen atoms in total. The van der Waals surface area contributed by atoms with Gasteiger partial charge in [-0.25, -0.2) is 23.5 Å². The summed E-state index contributed by atoms with van der Waals surface area (Å²) in [4.78, 5) is 56.3. The molecule has 0 radical (unpaired) electrons. The Bertz CT molecular complexity index is 2040. The zero-order chi connectivity index (χ0) is 29.7. The van der Waals surface area contributed by atoms with E-state index in [2.05, 4.69) is 0 Å². The summed E-state index contributed by atoms with van der Waals surface area (Å²) in [5, 5.41) is 13.2. The number of phenols is 1. The standard InChI is InChI=1S/C34H31N3O5/c1-19-20(2)30(40)34(4)27(25-15-14-21-10-8-9-13-23(21)28(25)38)24-16-17-35-31(41)36(22-11-6-5-7-12-22)32(42)37(35)26(24)18-33(34,3)29(19)39/h5-16,26-27,38H,17-18H2,1-4H3/t26-,27-,33+,34-/m1/s1. The number of fused-ring (bicyclic) bond motifs is 5. The van der Waals surface area contributed by atoms with Crippen molar-refractivity contribution in [2.24, 2.45) is 10.8 Å². The lowest BCUT2D eigenvalue weighted by Crippen LogP contribution is -2.61. The van der Waals surface area contributed by atoms with E-state index < -0.39 is 34.2 Å². The molecule has 0 bridgehead atoms. The summed E-state index contributed by atoms with van der Waals surface area (Å²) in [7, 11) is 0. The van der Waals surface area contributed by atoms with Gasteiger partial charge >= 0.3 is 11.4 Å². The fourth-order valence-electron chi connectivity index (χ4n) is 7.84. The van der Waals surface area contributed by atoms with Crippen molar-refractivity contribution in [3.63, 3.8) is 0 Å². The van der Waals surface area contributed by atoms with Gasteiger partial charge in [-0.05, 0) is 54.5 Å². The fraction of sp³-hybridized carbons (Fsp3) is 0.294. The van der Waals surface area contributed by atoms with E-state index >= 15 is 0 Å². The van der Waals surface area contributed by atoms with Gasteiger partial charge in [0.25, 0.3) is 0 Å². The molecule has 212 valence electrons. The average Bonchev–Trinajstić information content (AvgIpc) is 3.26. The molecule has 0 amide bonds. The van der Waals surface area contributed by atoms with Crippen LogP contribution in [0.5, 0.6) is 5.75 Å². The molecule has 0 unspecified atom stereocenters. The lowest BCUT2D eigenvalue weighted by molar-refractivity contribution is -0.151. The maximum Gasteiger partial charge on any atom is 0.352 e. The quantitative estimate of drug-likeness (QED) is 0.353. The number of aromatic nitrogens is 3. The molecule has 42 heavy (non-hydrogen) atoms. The molecule has 1 aliphatic heterocycles. The second-order valence-corrected chi connectivity index (χ2v) is 12.2. The molecule has 4 atom stereocenters. The van der Waals surface area contributed by atoms with Gasteiger partial charge in [0.15, 0.2) is 11.6 Å². The Labute approximate surface area is 241 Å². The van der Waals surface area contributed by atoms with Crippen LogP contribution in [0.25, 0.3) is 16.5 Å². The minimum Gasteiger partial charge on any atom is -0.507 e. The second-order valence-electron chi connectivity index (χ2n) is 12.2. The molecule has 1 fully saturated rings.